The number of nitrogens with zero attached hydrogens (tertiary/aromatic N) is 1. The van der Waals surface area contributed by atoms with Gasteiger partial charge in [-0.05, 0) is 12.8 Å². The van der Waals surface area contributed by atoms with E-state index >= 15 is 0 Å². The lowest BCUT2D eigenvalue weighted by atomic mass is 10.0. The first kappa shape index (κ1) is 17.5. The van der Waals surface area contributed by atoms with E-state index in [9.17, 15) is 0 Å². The van der Waals surface area contributed by atoms with Crippen molar-refractivity contribution < 1.29 is 5.11 Å². The molecule has 1 unspecified atom stereocenters. The number of aliphatic imine (C=N–C) groups is 1. The number of aliphatic hydroxyl groups excluding tert-OH is 1. The highest BCUT2D eigenvalue weighted by atomic mass is 16.2. The average molecular weight is 282 g/mol. The predicted octanol–water partition coefficient (Wildman–Crippen LogP) is 4.05. The van der Waals surface area contributed by atoms with E-state index in [1.54, 1.807) is 0 Å². The van der Waals surface area contributed by atoms with Crippen molar-refractivity contribution >= 4 is 5.84 Å². The van der Waals surface area contributed by atoms with Crippen LogP contribution in [-0.2, 0) is 0 Å². The molecule has 20 heavy (non-hydrogen) atoms. The van der Waals surface area contributed by atoms with Crippen LogP contribution in [0.5, 0.6) is 0 Å². The van der Waals surface area contributed by atoms with Gasteiger partial charge >= 0.3 is 0 Å². The number of rotatable bonds is 13. The Balaban J connectivity index is 1.83. The Bertz CT molecular complexity index is 253. The Labute approximate surface area is 125 Å². The maximum absolute atomic E-state index is 8.80. The number of hydrogen-bond donors (Lipinski definition) is 2. The average Bonchev–Trinajstić information content (AvgIpc) is 2.91. The molecule has 0 spiro atoms. The summed E-state index contributed by atoms with van der Waals surface area (Å²) in [7, 11) is 0. The molecule has 0 radical (unpaired) electrons. The zero-order valence-electron chi connectivity index (χ0n) is 13.4. The summed E-state index contributed by atoms with van der Waals surface area (Å²) < 4.78 is 0. The van der Waals surface area contributed by atoms with Crippen LogP contribution in [0.15, 0.2) is 4.99 Å². The molecule has 0 aromatic rings. The second-order valence-electron chi connectivity index (χ2n) is 6.07. The van der Waals surface area contributed by atoms with Gasteiger partial charge in [0.2, 0.25) is 0 Å². The normalized spacial score (nSPS) is 18.1. The molecule has 2 N–H and O–H groups in total. The quantitative estimate of drug-likeness (QED) is 0.501. The summed E-state index contributed by atoms with van der Waals surface area (Å²) in [6.07, 6.45) is 15.5. The van der Waals surface area contributed by atoms with Crippen LogP contribution in [-0.4, -0.2) is 30.1 Å². The van der Waals surface area contributed by atoms with Gasteiger partial charge in [0.15, 0.2) is 0 Å². The fourth-order valence-corrected chi connectivity index (χ4v) is 2.81. The first-order chi connectivity index (χ1) is 9.86. The van der Waals surface area contributed by atoms with Crippen LogP contribution in [0, 0.1) is 0 Å². The minimum Gasteiger partial charge on any atom is -0.396 e. The van der Waals surface area contributed by atoms with Gasteiger partial charge in [-0.2, -0.15) is 0 Å². The zero-order valence-corrected chi connectivity index (χ0v) is 13.4. The van der Waals surface area contributed by atoms with Crippen molar-refractivity contribution in [2.45, 2.75) is 90.0 Å². The highest BCUT2D eigenvalue weighted by molar-refractivity contribution is 5.83. The monoisotopic (exact) mass is 282 g/mol. The van der Waals surface area contributed by atoms with E-state index in [2.05, 4.69) is 17.2 Å². The van der Waals surface area contributed by atoms with Gasteiger partial charge in [0, 0.05) is 19.1 Å². The van der Waals surface area contributed by atoms with E-state index in [0.717, 1.165) is 25.2 Å². The molecule has 1 rings (SSSR count). The molecule has 0 saturated heterocycles. The lowest BCUT2D eigenvalue weighted by Crippen LogP contribution is -2.30. The summed E-state index contributed by atoms with van der Waals surface area (Å²) in [4.78, 5) is 4.51. The van der Waals surface area contributed by atoms with Gasteiger partial charge in [0.05, 0.1) is 12.4 Å². The van der Waals surface area contributed by atoms with Gasteiger partial charge in [0.25, 0.3) is 0 Å². The highest BCUT2D eigenvalue weighted by Crippen LogP contribution is 2.13. The smallest absolute Gasteiger partial charge is 0.0967 e. The molecule has 118 valence electrons. The van der Waals surface area contributed by atoms with Gasteiger partial charge < -0.3 is 10.4 Å². The topological polar surface area (TPSA) is 44.6 Å². The van der Waals surface area contributed by atoms with Crippen molar-refractivity contribution in [3.05, 3.63) is 0 Å². The summed E-state index contributed by atoms with van der Waals surface area (Å²) in [6.45, 7) is 3.48. The third-order valence-corrected chi connectivity index (χ3v) is 4.10. The van der Waals surface area contributed by atoms with Crippen molar-refractivity contribution in [2.75, 3.05) is 13.2 Å². The van der Waals surface area contributed by atoms with E-state index < -0.39 is 0 Å². The maximum atomic E-state index is 8.80. The van der Waals surface area contributed by atoms with Crippen LogP contribution in [0.4, 0.5) is 0 Å². The minimum absolute atomic E-state index is 0.267. The molecule has 0 bridgehead atoms. The Morgan fingerprint density at radius 3 is 2.30 bits per heavy atom. The zero-order chi connectivity index (χ0) is 14.5. The third-order valence-electron chi connectivity index (χ3n) is 4.10. The molecule has 0 aromatic heterocycles. The van der Waals surface area contributed by atoms with Gasteiger partial charge in [-0.3, -0.25) is 4.99 Å². The SMILES string of the molecule is CCCCCCCCCCCC1CN=C(CCCO)N1. The molecule has 0 aromatic carbocycles. The molecule has 0 fully saturated rings. The van der Waals surface area contributed by atoms with E-state index in [-0.39, 0.29) is 6.61 Å². The molecule has 0 amide bonds. The standard InChI is InChI=1S/C17H34N2O/c1-2-3-4-5-6-7-8-9-10-12-16-15-18-17(19-16)13-11-14-20/h16,20H,2-15H2,1H3,(H,18,19). The third kappa shape index (κ3) is 8.57. The van der Waals surface area contributed by atoms with Crippen LogP contribution in [0.2, 0.25) is 0 Å². The molecule has 1 heterocycles. The van der Waals surface area contributed by atoms with Crippen molar-refractivity contribution in [3.8, 4) is 0 Å². The Morgan fingerprint density at radius 1 is 1.00 bits per heavy atom. The van der Waals surface area contributed by atoms with Crippen LogP contribution in [0.25, 0.3) is 0 Å². The van der Waals surface area contributed by atoms with Crippen molar-refractivity contribution in [2.24, 2.45) is 4.99 Å². The largest absolute Gasteiger partial charge is 0.396 e. The summed E-state index contributed by atoms with van der Waals surface area (Å²) in [5, 5.41) is 12.3. The molecule has 1 aliphatic rings. The van der Waals surface area contributed by atoms with Gasteiger partial charge in [-0.15, -0.1) is 0 Å². The number of hydrogen-bond acceptors (Lipinski definition) is 3. The predicted molar refractivity (Wildman–Crippen MR) is 87.4 cm³/mol. The molecule has 1 atom stereocenters. The minimum atomic E-state index is 0.267. The first-order valence-corrected chi connectivity index (χ1v) is 8.77. The number of unbranched alkanes of at least 4 members (excludes halogenated alkanes) is 8. The number of nitrogens with one attached hydrogen (secondary N) is 1. The van der Waals surface area contributed by atoms with Crippen LogP contribution in [0.1, 0.15) is 84.0 Å². The number of aliphatic hydroxyl groups is 1. The van der Waals surface area contributed by atoms with E-state index in [4.69, 9.17) is 5.11 Å². The second-order valence-corrected chi connectivity index (χ2v) is 6.07. The fourth-order valence-electron chi connectivity index (χ4n) is 2.81. The van der Waals surface area contributed by atoms with Crippen molar-refractivity contribution in [3.63, 3.8) is 0 Å². The summed E-state index contributed by atoms with van der Waals surface area (Å²) >= 11 is 0. The van der Waals surface area contributed by atoms with Crippen LogP contribution >= 0.6 is 0 Å². The summed E-state index contributed by atoms with van der Waals surface area (Å²) in [6, 6.07) is 0.563. The Hall–Kier alpha value is -0.570. The molecule has 1 aliphatic heterocycles. The van der Waals surface area contributed by atoms with E-state index in [1.807, 2.05) is 0 Å². The van der Waals surface area contributed by atoms with Crippen LogP contribution < -0.4 is 5.32 Å². The van der Waals surface area contributed by atoms with Gasteiger partial charge in [0.1, 0.15) is 0 Å². The molecule has 0 saturated carbocycles. The van der Waals surface area contributed by atoms with Crippen molar-refractivity contribution in [1.29, 1.82) is 0 Å². The molecular formula is C17H34N2O. The van der Waals surface area contributed by atoms with E-state index in [0.29, 0.717) is 6.04 Å². The fraction of sp³-hybridized carbons (Fsp3) is 0.941. The van der Waals surface area contributed by atoms with Gasteiger partial charge in [-0.1, -0.05) is 64.7 Å². The lowest BCUT2D eigenvalue weighted by molar-refractivity contribution is 0.291. The van der Waals surface area contributed by atoms with E-state index in [1.165, 1.54) is 64.2 Å². The summed E-state index contributed by atoms with van der Waals surface area (Å²) in [5.41, 5.74) is 0. The molecule has 3 heteroatoms. The molecule has 0 aliphatic carbocycles. The molecular weight excluding hydrogens is 248 g/mol. The first-order valence-electron chi connectivity index (χ1n) is 8.77. The van der Waals surface area contributed by atoms with Crippen LogP contribution in [0.3, 0.4) is 0 Å². The summed E-state index contributed by atoms with van der Waals surface area (Å²) in [5.74, 6) is 1.11. The van der Waals surface area contributed by atoms with Gasteiger partial charge in [-0.25, -0.2) is 0 Å². The highest BCUT2D eigenvalue weighted by Gasteiger charge is 2.15. The number of amidine groups is 1. The molecule has 3 nitrogen and oxygen atoms in total. The lowest BCUT2D eigenvalue weighted by Gasteiger charge is -2.11. The Morgan fingerprint density at radius 2 is 1.65 bits per heavy atom. The van der Waals surface area contributed by atoms with Crippen molar-refractivity contribution in [1.82, 2.24) is 5.32 Å². The maximum Gasteiger partial charge on any atom is 0.0967 e. The Kier molecular flexibility index (Phi) is 10.7. The second kappa shape index (κ2) is 12.2.